The number of nitrogens with zero attached hydrogens (tertiary/aromatic N) is 2. The first-order valence-corrected chi connectivity index (χ1v) is 9.39. The summed E-state index contributed by atoms with van der Waals surface area (Å²) in [6.07, 6.45) is 1.99. The molecule has 0 spiro atoms. The summed E-state index contributed by atoms with van der Waals surface area (Å²) in [4.78, 5) is 14.1. The summed E-state index contributed by atoms with van der Waals surface area (Å²) >= 11 is 0. The Morgan fingerprint density at radius 2 is 2.04 bits per heavy atom. The van der Waals surface area contributed by atoms with Gasteiger partial charge in [0.25, 0.3) is 0 Å². The predicted molar refractivity (Wildman–Crippen MR) is 85.6 cm³/mol. The SMILES string of the molecule is O=c1[nH]nc(C2CCN(S(=O)(=O)c3cccc4c3OCC4)CC2)[nH]1. The van der Waals surface area contributed by atoms with Crippen LogP contribution in [0.15, 0.2) is 27.9 Å². The third-order valence-corrected chi connectivity index (χ3v) is 6.58. The molecule has 2 aliphatic heterocycles. The van der Waals surface area contributed by atoms with Crippen LogP contribution in [0.1, 0.15) is 30.1 Å². The van der Waals surface area contributed by atoms with Crippen LogP contribution in [0.4, 0.5) is 0 Å². The molecule has 0 bridgehead atoms. The molecule has 128 valence electrons. The number of para-hydroxylation sites is 1. The highest BCUT2D eigenvalue weighted by atomic mass is 32.2. The Kier molecular flexibility index (Phi) is 3.69. The fourth-order valence-electron chi connectivity index (χ4n) is 3.37. The Labute approximate surface area is 138 Å². The van der Waals surface area contributed by atoms with Gasteiger partial charge in [-0.25, -0.2) is 18.3 Å². The number of rotatable bonds is 3. The van der Waals surface area contributed by atoms with Crippen LogP contribution >= 0.6 is 0 Å². The van der Waals surface area contributed by atoms with E-state index in [0.29, 0.717) is 44.1 Å². The minimum absolute atomic E-state index is 0.0631. The first kappa shape index (κ1) is 15.4. The Morgan fingerprint density at radius 3 is 2.75 bits per heavy atom. The number of aromatic amines is 2. The first-order chi connectivity index (χ1) is 11.6. The molecule has 1 fully saturated rings. The minimum Gasteiger partial charge on any atom is -0.492 e. The summed E-state index contributed by atoms with van der Waals surface area (Å²) in [5.41, 5.74) is 0.608. The van der Waals surface area contributed by atoms with E-state index in [2.05, 4.69) is 15.2 Å². The molecule has 0 atom stereocenters. The zero-order chi connectivity index (χ0) is 16.7. The van der Waals surface area contributed by atoms with Gasteiger partial charge in [0, 0.05) is 25.4 Å². The Bertz CT molecular complexity index is 910. The first-order valence-electron chi connectivity index (χ1n) is 7.95. The molecule has 0 unspecified atom stereocenters. The van der Waals surface area contributed by atoms with E-state index in [0.717, 1.165) is 12.0 Å². The molecule has 1 aromatic carbocycles. The topological polar surface area (TPSA) is 108 Å². The normalized spacial score (nSPS) is 19.2. The number of hydrogen-bond donors (Lipinski definition) is 2. The molecule has 1 saturated heterocycles. The van der Waals surface area contributed by atoms with Crippen LogP contribution in [0.25, 0.3) is 0 Å². The van der Waals surface area contributed by atoms with Crippen molar-refractivity contribution in [2.24, 2.45) is 0 Å². The zero-order valence-corrected chi connectivity index (χ0v) is 13.8. The minimum atomic E-state index is -3.58. The lowest BCUT2D eigenvalue weighted by Crippen LogP contribution is -2.38. The Hall–Kier alpha value is -2.13. The lowest BCUT2D eigenvalue weighted by atomic mass is 9.98. The van der Waals surface area contributed by atoms with Crippen molar-refractivity contribution in [3.05, 3.63) is 40.1 Å². The lowest BCUT2D eigenvalue weighted by molar-refractivity contribution is 0.310. The average Bonchev–Trinajstić information content (AvgIpc) is 3.23. The number of nitrogens with one attached hydrogen (secondary N) is 2. The molecule has 2 N–H and O–H groups in total. The molecule has 1 aromatic heterocycles. The Morgan fingerprint density at radius 1 is 1.25 bits per heavy atom. The van der Waals surface area contributed by atoms with E-state index in [9.17, 15) is 13.2 Å². The summed E-state index contributed by atoms with van der Waals surface area (Å²) in [6, 6.07) is 5.28. The second-order valence-electron chi connectivity index (χ2n) is 6.08. The summed E-state index contributed by atoms with van der Waals surface area (Å²) in [6.45, 7) is 1.31. The molecule has 0 saturated carbocycles. The highest BCUT2D eigenvalue weighted by molar-refractivity contribution is 7.89. The number of benzene rings is 1. The number of ether oxygens (including phenoxy) is 1. The van der Waals surface area contributed by atoms with Crippen LogP contribution in [-0.4, -0.2) is 47.6 Å². The second-order valence-corrected chi connectivity index (χ2v) is 7.99. The molecule has 24 heavy (non-hydrogen) atoms. The van der Waals surface area contributed by atoms with Crippen molar-refractivity contribution in [3.63, 3.8) is 0 Å². The van der Waals surface area contributed by atoms with Crippen molar-refractivity contribution in [1.29, 1.82) is 0 Å². The smallest absolute Gasteiger partial charge is 0.340 e. The van der Waals surface area contributed by atoms with Gasteiger partial charge in [-0.3, -0.25) is 4.98 Å². The van der Waals surface area contributed by atoms with Crippen molar-refractivity contribution in [2.45, 2.75) is 30.1 Å². The van der Waals surface area contributed by atoms with Crippen molar-refractivity contribution < 1.29 is 13.2 Å². The van der Waals surface area contributed by atoms with Crippen LogP contribution in [0, 0.1) is 0 Å². The van der Waals surface area contributed by atoms with Gasteiger partial charge in [0.05, 0.1) is 6.61 Å². The van der Waals surface area contributed by atoms with Crippen LogP contribution in [-0.2, 0) is 16.4 Å². The number of piperidine rings is 1. The van der Waals surface area contributed by atoms with Crippen molar-refractivity contribution >= 4 is 10.0 Å². The van der Waals surface area contributed by atoms with Crippen LogP contribution in [0.2, 0.25) is 0 Å². The molecule has 8 nitrogen and oxygen atoms in total. The average molecular weight is 350 g/mol. The van der Waals surface area contributed by atoms with Crippen molar-refractivity contribution in [3.8, 4) is 5.75 Å². The molecule has 3 heterocycles. The third-order valence-electron chi connectivity index (χ3n) is 4.66. The van der Waals surface area contributed by atoms with Gasteiger partial charge < -0.3 is 4.74 Å². The Balaban J connectivity index is 1.55. The number of aromatic nitrogens is 3. The van der Waals surface area contributed by atoms with Gasteiger partial charge in [-0.05, 0) is 24.5 Å². The highest BCUT2D eigenvalue weighted by Crippen LogP contribution is 2.36. The number of hydrogen-bond acceptors (Lipinski definition) is 5. The summed E-state index contributed by atoms with van der Waals surface area (Å²) in [5, 5.41) is 6.30. The van der Waals surface area contributed by atoms with Crippen LogP contribution < -0.4 is 10.4 Å². The number of fused-ring (bicyclic) bond motifs is 1. The number of sulfonamides is 1. The van der Waals surface area contributed by atoms with E-state index in [1.165, 1.54) is 4.31 Å². The summed E-state index contributed by atoms with van der Waals surface area (Å²) in [5.74, 6) is 1.16. The summed E-state index contributed by atoms with van der Waals surface area (Å²) < 4.78 is 33.0. The molecule has 0 amide bonds. The molecule has 2 aromatic rings. The molecule has 0 aliphatic carbocycles. The van der Waals surface area contributed by atoms with E-state index >= 15 is 0 Å². The van der Waals surface area contributed by atoms with Gasteiger partial charge in [0.2, 0.25) is 10.0 Å². The number of H-pyrrole nitrogens is 2. The van der Waals surface area contributed by atoms with Crippen LogP contribution in [0.3, 0.4) is 0 Å². The molecule has 9 heteroatoms. The van der Waals surface area contributed by atoms with E-state index < -0.39 is 10.0 Å². The summed E-state index contributed by atoms with van der Waals surface area (Å²) in [7, 11) is -3.58. The quantitative estimate of drug-likeness (QED) is 0.843. The van der Waals surface area contributed by atoms with Gasteiger partial charge in [-0.2, -0.15) is 9.40 Å². The van der Waals surface area contributed by atoms with Crippen molar-refractivity contribution in [2.75, 3.05) is 19.7 Å². The van der Waals surface area contributed by atoms with Gasteiger partial charge in [0.15, 0.2) is 0 Å². The molecular weight excluding hydrogens is 332 g/mol. The van der Waals surface area contributed by atoms with E-state index in [1.807, 2.05) is 6.07 Å². The molecule has 2 aliphatic rings. The van der Waals surface area contributed by atoms with Gasteiger partial charge in [-0.15, -0.1) is 0 Å². The maximum absolute atomic E-state index is 13.0. The maximum atomic E-state index is 13.0. The van der Waals surface area contributed by atoms with E-state index in [-0.39, 0.29) is 16.5 Å². The fraction of sp³-hybridized carbons (Fsp3) is 0.467. The van der Waals surface area contributed by atoms with Gasteiger partial charge >= 0.3 is 5.69 Å². The third kappa shape index (κ3) is 2.53. The monoisotopic (exact) mass is 350 g/mol. The molecule has 4 rings (SSSR count). The highest BCUT2D eigenvalue weighted by Gasteiger charge is 2.34. The fourth-order valence-corrected chi connectivity index (χ4v) is 5.02. The largest absolute Gasteiger partial charge is 0.492 e. The zero-order valence-electron chi connectivity index (χ0n) is 13.0. The van der Waals surface area contributed by atoms with E-state index in [4.69, 9.17) is 4.74 Å². The standard InChI is InChI=1S/C15H18N4O4S/c20-15-16-14(17-18-15)11-4-7-19(8-5-11)24(21,22)12-3-1-2-10-6-9-23-13(10)12/h1-3,11H,4-9H2,(H2,16,17,18,20). The predicted octanol–water partition coefficient (Wildman–Crippen LogP) is 0.601. The van der Waals surface area contributed by atoms with Gasteiger partial charge in [-0.1, -0.05) is 12.1 Å². The van der Waals surface area contributed by atoms with Crippen molar-refractivity contribution in [1.82, 2.24) is 19.5 Å². The second kappa shape index (κ2) is 5.75. The molecular formula is C15H18N4O4S. The van der Waals surface area contributed by atoms with Gasteiger partial charge in [0.1, 0.15) is 16.5 Å². The maximum Gasteiger partial charge on any atom is 0.340 e. The lowest BCUT2D eigenvalue weighted by Gasteiger charge is -2.30. The molecule has 0 radical (unpaired) electrons. The van der Waals surface area contributed by atoms with Crippen LogP contribution in [0.5, 0.6) is 5.75 Å². The van der Waals surface area contributed by atoms with E-state index in [1.54, 1.807) is 12.1 Å².